The van der Waals surface area contributed by atoms with Gasteiger partial charge >= 0.3 is 11.9 Å². The first-order valence-electron chi connectivity index (χ1n) is 13.6. The molecule has 1 amide bonds. The van der Waals surface area contributed by atoms with E-state index in [9.17, 15) is 19.5 Å². The van der Waals surface area contributed by atoms with Crippen molar-refractivity contribution >= 4 is 39.9 Å². The number of hydrogen-bond donors (Lipinski definition) is 1. The van der Waals surface area contributed by atoms with Crippen LogP contribution in [0.1, 0.15) is 46.4 Å². The average molecular weight is 607 g/mol. The van der Waals surface area contributed by atoms with E-state index in [2.05, 4.69) is 11.6 Å². The van der Waals surface area contributed by atoms with E-state index in [0.717, 1.165) is 11.3 Å². The van der Waals surface area contributed by atoms with Gasteiger partial charge in [-0.2, -0.15) is 0 Å². The summed E-state index contributed by atoms with van der Waals surface area (Å²) >= 11 is 0.925. The molecule has 0 aliphatic carbocycles. The van der Waals surface area contributed by atoms with E-state index in [0.29, 0.717) is 54.1 Å². The summed E-state index contributed by atoms with van der Waals surface area (Å²) in [7, 11) is 0. The van der Waals surface area contributed by atoms with Gasteiger partial charge in [-0.05, 0) is 56.7 Å². The van der Waals surface area contributed by atoms with Gasteiger partial charge < -0.3 is 28.8 Å². The lowest BCUT2D eigenvalue weighted by atomic mass is 9.95. The maximum Gasteiger partial charge on any atom is 0.350 e. The second kappa shape index (κ2) is 12.6. The number of nitrogens with zero attached hydrogens (tertiary/aromatic N) is 2. The molecule has 43 heavy (non-hydrogen) atoms. The molecule has 2 aliphatic heterocycles. The number of aromatic nitrogens is 1. The highest BCUT2D eigenvalue weighted by Crippen LogP contribution is 2.46. The summed E-state index contributed by atoms with van der Waals surface area (Å²) < 4.78 is 28.0. The van der Waals surface area contributed by atoms with Crippen molar-refractivity contribution in [3.8, 4) is 23.0 Å². The third kappa shape index (κ3) is 5.65. The number of esters is 1. The maximum absolute atomic E-state index is 13.7. The summed E-state index contributed by atoms with van der Waals surface area (Å²) in [5, 5.41) is 11.7. The summed E-state index contributed by atoms with van der Waals surface area (Å²) in [6.07, 6.45) is 1.60. The number of amides is 1. The Labute approximate surface area is 251 Å². The fourth-order valence-electron chi connectivity index (χ4n) is 4.79. The number of aryl methyl sites for hydroxylation is 1. The molecule has 11 nitrogen and oxygen atoms in total. The van der Waals surface area contributed by atoms with Gasteiger partial charge in [0.25, 0.3) is 5.78 Å². The number of aliphatic hydroxyl groups excluding tert-OH is 1. The van der Waals surface area contributed by atoms with Crippen LogP contribution in [0.3, 0.4) is 0 Å². The van der Waals surface area contributed by atoms with Crippen LogP contribution in [-0.2, 0) is 14.3 Å². The molecular weight excluding hydrogens is 576 g/mol. The number of ether oxygens (including phenoxy) is 5. The lowest BCUT2D eigenvalue weighted by Crippen LogP contribution is -2.29. The lowest BCUT2D eigenvalue weighted by Gasteiger charge is -2.24. The molecule has 1 atom stereocenters. The normalized spacial score (nSPS) is 17.1. The zero-order valence-corrected chi connectivity index (χ0v) is 24.7. The number of carbonyl (C=O) groups excluding carboxylic acids is 3. The molecular formula is C31H30N2O9S. The van der Waals surface area contributed by atoms with Crippen LogP contribution in [0.2, 0.25) is 0 Å². The topological polar surface area (TPSA) is 134 Å². The Morgan fingerprint density at radius 1 is 1.09 bits per heavy atom. The standard InChI is InChI=1S/C31H30N2O9S/c1-5-12-40-20-10-8-18(15-22(20)38-6-2)25-24(26(34)19-9-11-21-23(16-19)42-14-13-41-21)27(35)29(36)33(25)31-32-17(4)28(43-31)30(37)39-7-3/h5,8-11,15-16,25,34H,1,6-7,12-14H2,2-4H3/b26-24+. The highest BCUT2D eigenvalue weighted by molar-refractivity contribution is 7.17. The Balaban J connectivity index is 1.69. The minimum absolute atomic E-state index is 0.0961. The van der Waals surface area contributed by atoms with Crippen molar-refractivity contribution in [1.29, 1.82) is 0 Å². The number of benzene rings is 2. The third-order valence-electron chi connectivity index (χ3n) is 6.65. The number of carbonyl (C=O) groups is 3. The van der Waals surface area contributed by atoms with Crippen LogP contribution in [0.4, 0.5) is 5.13 Å². The van der Waals surface area contributed by atoms with Gasteiger partial charge in [-0.3, -0.25) is 14.5 Å². The van der Waals surface area contributed by atoms with Crippen molar-refractivity contribution in [2.75, 3.05) is 37.9 Å². The highest BCUT2D eigenvalue weighted by Gasteiger charge is 2.48. The van der Waals surface area contributed by atoms with Gasteiger partial charge in [0.1, 0.15) is 30.5 Å². The van der Waals surface area contributed by atoms with Crippen molar-refractivity contribution in [3.05, 3.63) is 76.3 Å². The van der Waals surface area contributed by atoms with E-state index in [4.69, 9.17) is 23.7 Å². The first-order chi connectivity index (χ1) is 20.8. The molecule has 1 N–H and O–H groups in total. The molecule has 2 aromatic carbocycles. The zero-order chi connectivity index (χ0) is 30.7. The predicted molar refractivity (Wildman–Crippen MR) is 158 cm³/mol. The second-order valence-electron chi connectivity index (χ2n) is 9.40. The minimum atomic E-state index is -1.12. The Morgan fingerprint density at radius 3 is 2.58 bits per heavy atom. The van der Waals surface area contributed by atoms with Crippen molar-refractivity contribution in [2.24, 2.45) is 0 Å². The van der Waals surface area contributed by atoms with E-state index >= 15 is 0 Å². The Kier molecular flexibility index (Phi) is 8.67. The smallest absolute Gasteiger partial charge is 0.350 e. The molecule has 5 rings (SSSR count). The first-order valence-corrected chi connectivity index (χ1v) is 14.5. The molecule has 3 heterocycles. The third-order valence-corrected chi connectivity index (χ3v) is 7.79. The van der Waals surface area contributed by atoms with E-state index in [1.165, 1.54) is 4.90 Å². The summed E-state index contributed by atoms with van der Waals surface area (Å²) in [6.45, 7) is 10.2. The van der Waals surface area contributed by atoms with Crippen molar-refractivity contribution < 1.29 is 43.2 Å². The number of fused-ring (bicyclic) bond motifs is 1. The molecule has 0 spiro atoms. The van der Waals surface area contributed by atoms with E-state index < -0.39 is 29.5 Å². The zero-order valence-electron chi connectivity index (χ0n) is 23.9. The van der Waals surface area contributed by atoms with Crippen LogP contribution in [0, 0.1) is 6.92 Å². The Hall–Kier alpha value is -4.84. The molecule has 2 aliphatic rings. The van der Waals surface area contributed by atoms with Gasteiger partial charge in [0, 0.05) is 5.56 Å². The summed E-state index contributed by atoms with van der Waals surface area (Å²) in [4.78, 5) is 45.8. The molecule has 1 fully saturated rings. The molecule has 3 aromatic rings. The SMILES string of the molecule is C=CCOc1ccc(C2/C(=C(\O)c3ccc4c(c3)OCCO4)C(=O)C(=O)N2c2nc(C)c(C(=O)OCC)s2)cc1OCC. The van der Waals surface area contributed by atoms with Crippen LogP contribution in [-0.4, -0.2) is 60.8 Å². The molecule has 12 heteroatoms. The van der Waals surface area contributed by atoms with Crippen LogP contribution >= 0.6 is 11.3 Å². The average Bonchev–Trinajstić information content (AvgIpc) is 3.52. The van der Waals surface area contributed by atoms with Gasteiger partial charge in [-0.25, -0.2) is 9.78 Å². The summed E-state index contributed by atoms with van der Waals surface area (Å²) in [5.41, 5.74) is 0.868. The molecule has 0 bridgehead atoms. The second-order valence-corrected chi connectivity index (χ2v) is 10.4. The minimum Gasteiger partial charge on any atom is -0.507 e. The molecule has 0 saturated carbocycles. The van der Waals surface area contributed by atoms with Crippen LogP contribution in [0.5, 0.6) is 23.0 Å². The number of thiazole rings is 1. The van der Waals surface area contributed by atoms with Gasteiger partial charge in [0.15, 0.2) is 28.1 Å². The summed E-state index contributed by atoms with van der Waals surface area (Å²) in [6, 6.07) is 8.62. The number of anilines is 1. The fraction of sp³-hybridized carbons (Fsp3) is 0.290. The van der Waals surface area contributed by atoms with Gasteiger partial charge in [0.05, 0.1) is 30.5 Å². The molecule has 1 saturated heterocycles. The highest BCUT2D eigenvalue weighted by atomic mass is 32.1. The maximum atomic E-state index is 13.7. The number of aliphatic hydroxyl groups is 1. The Bertz CT molecular complexity index is 1630. The van der Waals surface area contributed by atoms with Gasteiger partial charge in [-0.15, -0.1) is 0 Å². The summed E-state index contributed by atoms with van der Waals surface area (Å²) in [5.74, 6) is -1.13. The van der Waals surface area contributed by atoms with Crippen LogP contribution < -0.4 is 23.8 Å². The number of ketones is 1. The predicted octanol–water partition coefficient (Wildman–Crippen LogP) is 4.99. The molecule has 1 unspecified atom stereocenters. The first kappa shape index (κ1) is 29.6. The van der Waals surface area contributed by atoms with Crippen molar-refractivity contribution in [1.82, 2.24) is 4.98 Å². The van der Waals surface area contributed by atoms with Gasteiger partial charge in [-0.1, -0.05) is 30.1 Å². The Morgan fingerprint density at radius 2 is 1.86 bits per heavy atom. The lowest BCUT2D eigenvalue weighted by molar-refractivity contribution is -0.132. The quantitative estimate of drug-likeness (QED) is 0.111. The largest absolute Gasteiger partial charge is 0.507 e. The van der Waals surface area contributed by atoms with E-state index in [1.807, 2.05) is 6.92 Å². The van der Waals surface area contributed by atoms with Crippen molar-refractivity contribution in [2.45, 2.75) is 26.8 Å². The molecule has 224 valence electrons. The number of Topliss-reactive ketones (excluding diaryl/α,β-unsaturated/α-hetero) is 1. The van der Waals surface area contributed by atoms with Crippen LogP contribution in [0.15, 0.2) is 54.6 Å². The fourth-order valence-corrected chi connectivity index (χ4v) is 5.78. The molecule has 0 radical (unpaired) electrons. The van der Waals surface area contributed by atoms with E-state index in [1.54, 1.807) is 56.3 Å². The van der Waals surface area contributed by atoms with E-state index in [-0.39, 0.29) is 34.4 Å². The number of hydrogen-bond acceptors (Lipinski definition) is 11. The van der Waals surface area contributed by atoms with Crippen LogP contribution in [0.25, 0.3) is 5.76 Å². The monoisotopic (exact) mass is 606 g/mol. The molecule has 1 aromatic heterocycles. The number of rotatable bonds is 10. The van der Waals surface area contributed by atoms with Crippen molar-refractivity contribution in [3.63, 3.8) is 0 Å². The van der Waals surface area contributed by atoms with Gasteiger partial charge in [0.2, 0.25) is 0 Å².